The number of allylic oxidation sites excluding steroid dienone is 3. The molecule has 7 heteroatoms. The molecule has 1 heterocycles. The fraction of sp³-hybridized carbons (Fsp3) is 0.552. The first-order chi connectivity index (χ1) is 17.3. The maximum atomic E-state index is 13.6. The summed E-state index contributed by atoms with van der Waals surface area (Å²) in [6, 6.07) is 4.59. The van der Waals surface area contributed by atoms with Gasteiger partial charge in [-0.3, -0.25) is 14.9 Å². The molecule has 0 unspecified atom stereocenters. The molecule has 0 saturated carbocycles. The number of pyridine rings is 1. The van der Waals surface area contributed by atoms with E-state index in [9.17, 15) is 14.9 Å². The van der Waals surface area contributed by atoms with Gasteiger partial charge in [0, 0.05) is 24.1 Å². The Morgan fingerprint density at radius 1 is 1.00 bits per heavy atom. The van der Waals surface area contributed by atoms with Crippen LogP contribution in [-0.2, 0) is 6.54 Å². The van der Waals surface area contributed by atoms with Crippen molar-refractivity contribution < 1.29 is 14.4 Å². The summed E-state index contributed by atoms with van der Waals surface area (Å²) in [6.07, 6.45) is 11.9. The van der Waals surface area contributed by atoms with Crippen LogP contribution in [0.4, 0.5) is 5.69 Å². The third kappa shape index (κ3) is 8.54. The number of nitro groups is 1. The normalized spacial score (nSPS) is 11.5. The third-order valence-electron chi connectivity index (χ3n) is 6.10. The van der Waals surface area contributed by atoms with Crippen LogP contribution in [0.5, 0.6) is 11.5 Å². The van der Waals surface area contributed by atoms with Gasteiger partial charge in [-0.25, -0.2) is 0 Å². The van der Waals surface area contributed by atoms with Crippen LogP contribution in [0.1, 0.15) is 86.0 Å². The summed E-state index contributed by atoms with van der Waals surface area (Å²) in [5, 5.41) is 12.1. The Labute approximate surface area is 215 Å². The van der Waals surface area contributed by atoms with E-state index in [4.69, 9.17) is 9.47 Å². The van der Waals surface area contributed by atoms with E-state index in [2.05, 4.69) is 33.8 Å². The molecule has 36 heavy (non-hydrogen) atoms. The maximum absolute atomic E-state index is 13.6. The molecule has 7 nitrogen and oxygen atoms in total. The number of rotatable bonds is 16. The van der Waals surface area contributed by atoms with E-state index in [0.717, 1.165) is 51.4 Å². The van der Waals surface area contributed by atoms with Crippen molar-refractivity contribution in [1.82, 2.24) is 4.57 Å². The molecule has 1 aromatic heterocycles. The molecule has 0 saturated heterocycles. The Hall–Kier alpha value is -3.09. The Morgan fingerprint density at radius 2 is 1.75 bits per heavy atom. The zero-order chi connectivity index (χ0) is 26.5. The van der Waals surface area contributed by atoms with Crippen LogP contribution in [0.3, 0.4) is 0 Å². The van der Waals surface area contributed by atoms with Gasteiger partial charge >= 0.3 is 0 Å². The number of benzene rings is 1. The lowest BCUT2D eigenvalue weighted by Crippen LogP contribution is -2.24. The number of hydrogen-bond donors (Lipinski definition) is 0. The van der Waals surface area contributed by atoms with E-state index in [1.54, 1.807) is 10.6 Å². The SMILES string of the molecule is CCCCCCOc1c(OCC=C(C)CCC=C(C)C)c(=O)n(CCCC)c2cc([N+](=O)[O-])ccc12. The van der Waals surface area contributed by atoms with E-state index in [-0.39, 0.29) is 23.6 Å². The van der Waals surface area contributed by atoms with Gasteiger partial charge in [-0.1, -0.05) is 56.8 Å². The van der Waals surface area contributed by atoms with E-state index >= 15 is 0 Å². The minimum Gasteiger partial charge on any atom is -0.489 e. The molecule has 0 aliphatic rings. The average molecular weight is 499 g/mol. The molecule has 0 spiro atoms. The second-order valence-electron chi connectivity index (χ2n) is 9.52. The van der Waals surface area contributed by atoms with E-state index in [0.29, 0.717) is 29.8 Å². The highest BCUT2D eigenvalue weighted by molar-refractivity contribution is 5.89. The van der Waals surface area contributed by atoms with Crippen molar-refractivity contribution >= 4 is 16.6 Å². The molecule has 2 rings (SSSR count). The number of aromatic nitrogens is 1. The van der Waals surface area contributed by atoms with Crippen LogP contribution in [0, 0.1) is 10.1 Å². The second kappa shape index (κ2) is 15.1. The van der Waals surface area contributed by atoms with Gasteiger partial charge in [-0.15, -0.1) is 0 Å². The third-order valence-corrected chi connectivity index (χ3v) is 6.10. The molecule has 0 aliphatic carbocycles. The number of aryl methyl sites for hydroxylation is 1. The molecule has 0 fully saturated rings. The smallest absolute Gasteiger partial charge is 0.297 e. The highest BCUT2D eigenvalue weighted by Gasteiger charge is 2.21. The minimum atomic E-state index is -0.438. The van der Waals surface area contributed by atoms with Gasteiger partial charge in [0.25, 0.3) is 11.2 Å². The summed E-state index contributed by atoms with van der Waals surface area (Å²) < 4.78 is 13.8. The number of hydrogen-bond acceptors (Lipinski definition) is 5. The van der Waals surface area contributed by atoms with Gasteiger partial charge in [-0.2, -0.15) is 0 Å². The van der Waals surface area contributed by atoms with E-state index < -0.39 is 4.92 Å². The Morgan fingerprint density at radius 3 is 2.42 bits per heavy atom. The molecular formula is C29H42N2O5. The van der Waals surface area contributed by atoms with Crippen LogP contribution >= 0.6 is 0 Å². The van der Waals surface area contributed by atoms with Gasteiger partial charge in [0.2, 0.25) is 5.75 Å². The lowest BCUT2D eigenvalue weighted by atomic mass is 10.1. The Bertz CT molecular complexity index is 1130. The molecule has 1 aromatic carbocycles. The summed E-state index contributed by atoms with van der Waals surface area (Å²) in [5.41, 5.74) is 2.63. The van der Waals surface area contributed by atoms with Crippen LogP contribution in [0.25, 0.3) is 10.9 Å². The fourth-order valence-electron chi connectivity index (χ4n) is 3.97. The lowest BCUT2D eigenvalue weighted by Gasteiger charge is -2.18. The predicted molar refractivity (Wildman–Crippen MR) is 147 cm³/mol. The van der Waals surface area contributed by atoms with Gasteiger partial charge in [0.1, 0.15) is 6.61 Å². The summed E-state index contributed by atoms with van der Waals surface area (Å²) in [6.45, 7) is 11.6. The van der Waals surface area contributed by atoms with Crippen LogP contribution in [0.15, 0.2) is 46.3 Å². The maximum Gasteiger partial charge on any atom is 0.297 e. The zero-order valence-electron chi connectivity index (χ0n) is 22.6. The van der Waals surface area contributed by atoms with Crippen molar-refractivity contribution in [3.05, 3.63) is 62.0 Å². The summed E-state index contributed by atoms with van der Waals surface area (Å²) in [7, 11) is 0. The molecule has 198 valence electrons. The van der Waals surface area contributed by atoms with Crippen molar-refractivity contribution in [3.63, 3.8) is 0 Å². The second-order valence-corrected chi connectivity index (χ2v) is 9.52. The monoisotopic (exact) mass is 498 g/mol. The zero-order valence-corrected chi connectivity index (χ0v) is 22.6. The lowest BCUT2D eigenvalue weighted by molar-refractivity contribution is -0.384. The fourth-order valence-corrected chi connectivity index (χ4v) is 3.97. The Kier molecular flexibility index (Phi) is 12.2. The number of ether oxygens (including phenoxy) is 2. The largest absolute Gasteiger partial charge is 0.489 e. The molecule has 0 atom stereocenters. The molecule has 0 radical (unpaired) electrons. The predicted octanol–water partition coefficient (Wildman–Crippen LogP) is 7.74. The molecule has 0 amide bonds. The summed E-state index contributed by atoms with van der Waals surface area (Å²) in [5.74, 6) is 0.557. The van der Waals surface area contributed by atoms with Gasteiger partial charge in [0.05, 0.1) is 17.0 Å². The van der Waals surface area contributed by atoms with Crippen molar-refractivity contribution in [2.75, 3.05) is 13.2 Å². The highest BCUT2D eigenvalue weighted by atomic mass is 16.6. The number of non-ortho nitro benzene ring substituents is 1. The van der Waals surface area contributed by atoms with Crippen LogP contribution < -0.4 is 15.0 Å². The average Bonchev–Trinajstić information content (AvgIpc) is 2.84. The van der Waals surface area contributed by atoms with E-state index in [1.165, 1.54) is 23.3 Å². The first-order valence-electron chi connectivity index (χ1n) is 13.2. The van der Waals surface area contributed by atoms with Crippen molar-refractivity contribution in [2.24, 2.45) is 0 Å². The first kappa shape index (κ1) is 29.1. The number of nitrogens with zero attached hydrogens (tertiary/aromatic N) is 2. The van der Waals surface area contributed by atoms with Crippen molar-refractivity contribution in [2.45, 2.75) is 92.5 Å². The van der Waals surface area contributed by atoms with Gasteiger partial charge in [-0.05, 0) is 58.6 Å². The molecule has 0 bridgehead atoms. The van der Waals surface area contributed by atoms with Crippen LogP contribution in [-0.4, -0.2) is 22.7 Å². The molecule has 0 N–H and O–H groups in total. The molecule has 0 aliphatic heterocycles. The van der Waals surface area contributed by atoms with E-state index in [1.807, 2.05) is 13.0 Å². The van der Waals surface area contributed by atoms with Crippen LogP contribution in [0.2, 0.25) is 0 Å². The first-order valence-corrected chi connectivity index (χ1v) is 13.2. The molecular weight excluding hydrogens is 456 g/mol. The molecule has 2 aromatic rings. The summed E-state index contributed by atoms with van der Waals surface area (Å²) in [4.78, 5) is 24.6. The summed E-state index contributed by atoms with van der Waals surface area (Å²) >= 11 is 0. The Balaban J connectivity index is 2.48. The van der Waals surface area contributed by atoms with Crippen molar-refractivity contribution in [1.29, 1.82) is 0 Å². The minimum absolute atomic E-state index is 0.0513. The number of fused-ring (bicyclic) bond motifs is 1. The topological polar surface area (TPSA) is 83.6 Å². The standard InChI is InChI=1S/C29H42N2O5/c1-6-8-10-11-19-35-27-25-16-15-24(31(33)34)21-26(25)30(18-9-7-2)29(32)28(27)36-20-17-23(5)14-12-13-22(3)4/h13,15-17,21H,6-12,14,18-20H2,1-5H3. The number of unbranched alkanes of at least 4 members (excludes halogenated alkanes) is 4. The number of nitro benzene ring substituents is 1. The van der Waals surface area contributed by atoms with Gasteiger partial charge in [0.15, 0.2) is 5.75 Å². The van der Waals surface area contributed by atoms with Gasteiger partial charge < -0.3 is 14.0 Å². The van der Waals surface area contributed by atoms with Crippen molar-refractivity contribution in [3.8, 4) is 11.5 Å². The quantitative estimate of drug-likeness (QED) is 0.102. The highest BCUT2D eigenvalue weighted by Crippen LogP contribution is 2.35.